The number of halogens is 4. The van der Waals surface area contributed by atoms with E-state index in [9.17, 15) is 13.2 Å². The van der Waals surface area contributed by atoms with Crippen LogP contribution in [0.3, 0.4) is 0 Å². The van der Waals surface area contributed by atoms with Crippen LogP contribution >= 0.6 is 24.0 Å². The molecular weight excluding hydrogens is 494 g/mol. The Bertz CT molecular complexity index is 620. The quantitative estimate of drug-likeness (QED) is 0.235. The Labute approximate surface area is 189 Å². The van der Waals surface area contributed by atoms with Gasteiger partial charge in [0.2, 0.25) is 0 Å². The molecule has 1 saturated heterocycles. The topological polar surface area (TPSA) is 42.9 Å². The van der Waals surface area contributed by atoms with Crippen molar-refractivity contribution >= 4 is 35.6 Å². The van der Waals surface area contributed by atoms with Crippen molar-refractivity contribution in [1.29, 1.82) is 0 Å². The first-order valence-electron chi connectivity index (χ1n) is 9.87. The van der Waals surface area contributed by atoms with Crippen LogP contribution in [0.15, 0.2) is 29.3 Å². The monoisotopic (exact) mass is 527 g/mol. The summed E-state index contributed by atoms with van der Waals surface area (Å²) < 4.78 is 37.6. The first-order valence-corrected chi connectivity index (χ1v) is 9.87. The summed E-state index contributed by atoms with van der Waals surface area (Å²) in [6, 6.07) is 8.49. The van der Waals surface area contributed by atoms with E-state index in [4.69, 9.17) is 0 Å². The number of hydrogen-bond donors (Lipinski definition) is 2. The van der Waals surface area contributed by atoms with Gasteiger partial charge in [-0.15, -0.1) is 24.0 Å². The van der Waals surface area contributed by atoms with Crippen molar-refractivity contribution in [3.05, 3.63) is 29.8 Å². The summed E-state index contributed by atoms with van der Waals surface area (Å²) in [6.45, 7) is 3.38. The largest absolute Gasteiger partial charge is 0.401 e. The third-order valence-electron chi connectivity index (χ3n) is 4.71. The molecule has 0 spiro atoms. The van der Waals surface area contributed by atoms with Crippen molar-refractivity contribution < 1.29 is 13.2 Å². The van der Waals surface area contributed by atoms with Gasteiger partial charge in [-0.05, 0) is 43.9 Å². The Kier molecular flexibility index (Phi) is 11.1. The summed E-state index contributed by atoms with van der Waals surface area (Å²) in [6.07, 6.45) is -1.58. The molecule has 29 heavy (non-hydrogen) atoms. The van der Waals surface area contributed by atoms with Crippen LogP contribution in [-0.2, 0) is 6.42 Å². The first-order chi connectivity index (χ1) is 13.3. The molecule has 1 aliphatic rings. The highest BCUT2D eigenvalue weighted by Crippen LogP contribution is 2.20. The van der Waals surface area contributed by atoms with Crippen LogP contribution in [0.2, 0.25) is 0 Å². The molecule has 0 aromatic heterocycles. The molecule has 1 atom stereocenters. The highest BCUT2D eigenvalue weighted by molar-refractivity contribution is 14.0. The second-order valence-corrected chi connectivity index (χ2v) is 7.41. The number of nitrogens with zero attached hydrogens (tertiary/aromatic N) is 3. The van der Waals surface area contributed by atoms with E-state index in [0.29, 0.717) is 32.0 Å². The van der Waals surface area contributed by atoms with Crippen molar-refractivity contribution in [3.63, 3.8) is 0 Å². The van der Waals surface area contributed by atoms with Crippen LogP contribution < -0.4 is 15.5 Å². The molecule has 2 N–H and O–H groups in total. The number of nitrogens with one attached hydrogen (secondary N) is 2. The fourth-order valence-corrected chi connectivity index (χ4v) is 3.30. The highest BCUT2D eigenvalue weighted by Gasteiger charge is 2.34. The molecule has 1 fully saturated rings. The lowest BCUT2D eigenvalue weighted by Gasteiger charge is -2.19. The number of alkyl halides is 3. The van der Waals surface area contributed by atoms with E-state index in [2.05, 4.69) is 44.8 Å². The molecule has 0 saturated carbocycles. The summed E-state index contributed by atoms with van der Waals surface area (Å²) in [5.41, 5.74) is 2.45. The van der Waals surface area contributed by atoms with Gasteiger partial charge < -0.3 is 15.5 Å². The molecule has 166 valence electrons. The minimum atomic E-state index is -4.14. The van der Waals surface area contributed by atoms with Crippen LogP contribution in [0, 0.1) is 0 Å². The van der Waals surface area contributed by atoms with Crippen molar-refractivity contribution in [2.75, 3.05) is 51.7 Å². The van der Waals surface area contributed by atoms with E-state index >= 15 is 0 Å². The number of aryl methyl sites for hydroxylation is 1. The maximum atomic E-state index is 12.5. The number of rotatable bonds is 8. The third-order valence-corrected chi connectivity index (χ3v) is 4.71. The summed E-state index contributed by atoms with van der Waals surface area (Å²) >= 11 is 0. The Morgan fingerprint density at radius 1 is 1.24 bits per heavy atom. The fourth-order valence-electron chi connectivity index (χ4n) is 3.30. The van der Waals surface area contributed by atoms with Crippen LogP contribution in [0.4, 0.5) is 18.9 Å². The molecule has 1 heterocycles. The summed E-state index contributed by atoms with van der Waals surface area (Å²) in [5.74, 6) is 0.685. The molecule has 0 radical (unpaired) electrons. The molecule has 0 aliphatic carbocycles. The zero-order valence-electron chi connectivity index (χ0n) is 17.4. The molecule has 1 aromatic carbocycles. The maximum Gasteiger partial charge on any atom is 0.401 e. The minimum Gasteiger partial charge on any atom is -0.378 e. The summed E-state index contributed by atoms with van der Waals surface area (Å²) in [5, 5.41) is 6.46. The van der Waals surface area contributed by atoms with Gasteiger partial charge in [0.05, 0.1) is 6.54 Å². The zero-order chi connectivity index (χ0) is 20.6. The number of guanidine groups is 1. The van der Waals surface area contributed by atoms with E-state index in [0.717, 1.165) is 19.4 Å². The van der Waals surface area contributed by atoms with Gasteiger partial charge in [0.1, 0.15) is 0 Å². The van der Waals surface area contributed by atoms with Crippen molar-refractivity contribution in [2.45, 2.75) is 38.4 Å². The van der Waals surface area contributed by atoms with Gasteiger partial charge in [0.25, 0.3) is 0 Å². The van der Waals surface area contributed by atoms with Gasteiger partial charge in [-0.25, -0.2) is 0 Å². The van der Waals surface area contributed by atoms with Crippen LogP contribution in [0.25, 0.3) is 0 Å². The minimum absolute atomic E-state index is 0. The average Bonchev–Trinajstić information content (AvgIpc) is 3.04. The predicted octanol–water partition coefficient (Wildman–Crippen LogP) is 3.49. The Morgan fingerprint density at radius 2 is 1.93 bits per heavy atom. The lowest BCUT2D eigenvalue weighted by molar-refractivity contribution is -0.143. The highest BCUT2D eigenvalue weighted by atomic mass is 127. The van der Waals surface area contributed by atoms with E-state index in [-0.39, 0.29) is 30.0 Å². The zero-order valence-corrected chi connectivity index (χ0v) is 19.8. The lowest BCUT2D eigenvalue weighted by Crippen LogP contribution is -2.45. The summed E-state index contributed by atoms with van der Waals surface area (Å²) in [4.78, 5) is 8.10. The SMILES string of the molecule is CCNC(=NCCCc1ccc(N(C)C)cc1)NC1CCN(CC(F)(F)F)C1.I. The fraction of sp³-hybridized carbons (Fsp3) is 0.650. The smallest absolute Gasteiger partial charge is 0.378 e. The molecule has 0 amide bonds. The van der Waals surface area contributed by atoms with Crippen LogP contribution in [0.5, 0.6) is 0 Å². The van der Waals surface area contributed by atoms with E-state index in [1.54, 1.807) is 0 Å². The molecule has 1 aliphatic heterocycles. The normalized spacial score (nSPS) is 17.7. The Balaban J connectivity index is 0.00000420. The molecule has 9 heteroatoms. The number of anilines is 1. The maximum absolute atomic E-state index is 12.5. The van der Waals surface area contributed by atoms with Gasteiger partial charge in [-0.3, -0.25) is 9.89 Å². The number of benzene rings is 1. The molecule has 0 bridgehead atoms. The van der Waals surface area contributed by atoms with Gasteiger partial charge in [-0.1, -0.05) is 12.1 Å². The Hall–Kier alpha value is -1.23. The molecule has 5 nitrogen and oxygen atoms in total. The van der Waals surface area contributed by atoms with Crippen LogP contribution in [-0.4, -0.2) is 69.9 Å². The van der Waals surface area contributed by atoms with E-state index < -0.39 is 12.7 Å². The van der Waals surface area contributed by atoms with Crippen molar-refractivity contribution in [3.8, 4) is 0 Å². The van der Waals surface area contributed by atoms with Crippen molar-refractivity contribution in [2.24, 2.45) is 4.99 Å². The molecular formula is C20H33F3IN5. The van der Waals surface area contributed by atoms with E-state index in [1.807, 2.05) is 21.0 Å². The van der Waals surface area contributed by atoms with Gasteiger partial charge in [0, 0.05) is 52.0 Å². The number of likely N-dealkylation sites (tertiary alicyclic amines) is 1. The average molecular weight is 527 g/mol. The molecule has 2 rings (SSSR count). The number of hydrogen-bond acceptors (Lipinski definition) is 3. The molecule has 1 unspecified atom stereocenters. The van der Waals surface area contributed by atoms with E-state index in [1.165, 1.54) is 16.2 Å². The van der Waals surface area contributed by atoms with Crippen molar-refractivity contribution in [1.82, 2.24) is 15.5 Å². The second-order valence-electron chi connectivity index (χ2n) is 7.41. The standard InChI is InChI=1S/C20H32F3N5.HI/c1-4-24-19(26-17-11-13-28(14-17)15-20(21,22)23)25-12-5-6-16-7-9-18(10-8-16)27(2)3;/h7-10,17H,4-6,11-15H2,1-3H3,(H2,24,25,26);1H. The first kappa shape index (κ1) is 25.8. The number of aliphatic imine (C=N–C) groups is 1. The van der Waals surface area contributed by atoms with Gasteiger partial charge in [-0.2, -0.15) is 13.2 Å². The molecule has 1 aromatic rings. The predicted molar refractivity (Wildman–Crippen MR) is 125 cm³/mol. The second kappa shape index (κ2) is 12.5. The van der Waals surface area contributed by atoms with Gasteiger partial charge >= 0.3 is 6.18 Å². The third kappa shape index (κ3) is 9.88. The van der Waals surface area contributed by atoms with Crippen LogP contribution in [0.1, 0.15) is 25.3 Å². The Morgan fingerprint density at radius 3 is 2.52 bits per heavy atom. The lowest BCUT2D eigenvalue weighted by atomic mass is 10.1. The van der Waals surface area contributed by atoms with Gasteiger partial charge in [0.15, 0.2) is 5.96 Å². The summed E-state index contributed by atoms with van der Waals surface area (Å²) in [7, 11) is 4.04.